The first kappa shape index (κ1) is 11.9. The lowest BCUT2D eigenvalue weighted by atomic mass is 9.75. The minimum Gasteiger partial charge on any atom is -0.299 e. The van der Waals surface area contributed by atoms with Gasteiger partial charge >= 0.3 is 0 Å². The monoisotopic (exact) mass is 220 g/mol. The lowest BCUT2D eigenvalue weighted by molar-refractivity contribution is -0.120. The molecule has 0 spiro atoms. The average molecular weight is 220 g/mol. The van der Waals surface area contributed by atoms with Gasteiger partial charge in [-0.25, -0.2) is 0 Å². The van der Waals surface area contributed by atoms with E-state index in [1.807, 2.05) is 0 Å². The second-order valence-corrected chi connectivity index (χ2v) is 5.97. The molecule has 2 aliphatic carbocycles. The summed E-state index contributed by atoms with van der Waals surface area (Å²) in [7, 11) is 0. The lowest BCUT2D eigenvalue weighted by Crippen LogP contribution is -2.18. The summed E-state index contributed by atoms with van der Waals surface area (Å²) in [5, 5.41) is 0. The lowest BCUT2D eigenvalue weighted by Gasteiger charge is -2.31. The van der Waals surface area contributed by atoms with Crippen LogP contribution in [0.25, 0.3) is 0 Å². The van der Waals surface area contributed by atoms with Crippen molar-refractivity contribution >= 4 is 5.78 Å². The fraction of sp³-hybridized carbons (Fsp3) is 0.800. The molecule has 0 bridgehead atoms. The van der Waals surface area contributed by atoms with Gasteiger partial charge in [0.05, 0.1) is 0 Å². The van der Waals surface area contributed by atoms with Gasteiger partial charge in [0.1, 0.15) is 5.78 Å². The van der Waals surface area contributed by atoms with Crippen molar-refractivity contribution in [2.24, 2.45) is 11.3 Å². The van der Waals surface area contributed by atoms with Crippen molar-refractivity contribution in [3.8, 4) is 0 Å². The van der Waals surface area contributed by atoms with Gasteiger partial charge in [0.2, 0.25) is 0 Å². The number of ketones is 1. The third-order valence-electron chi connectivity index (χ3n) is 4.46. The number of hydrogen-bond acceptors (Lipinski definition) is 1. The number of carbonyl (C=O) groups excluding carboxylic acids is 1. The van der Waals surface area contributed by atoms with Crippen LogP contribution in [0.3, 0.4) is 0 Å². The summed E-state index contributed by atoms with van der Waals surface area (Å²) in [4.78, 5) is 11.5. The summed E-state index contributed by atoms with van der Waals surface area (Å²) in [6, 6.07) is 0. The van der Waals surface area contributed by atoms with E-state index in [9.17, 15) is 4.79 Å². The van der Waals surface area contributed by atoms with E-state index in [4.69, 9.17) is 0 Å². The molecule has 1 heteroatoms. The summed E-state index contributed by atoms with van der Waals surface area (Å²) >= 11 is 0. The Morgan fingerprint density at radius 3 is 2.94 bits per heavy atom. The Hall–Kier alpha value is -0.590. The summed E-state index contributed by atoms with van der Waals surface area (Å²) in [5.74, 6) is 0.955. The highest BCUT2D eigenvalue weighted by Gasteiger charge is 2.27. The molecule has 0 N–H and O–H groups in total. The van der Waals surface area contributed by atoms with Crippen LogP contribution in [0.4, 0.5) is 0 Å². The quantitative estimate of drug-likeness (QED) is 0.646. The van der Waals surface area contributed by atoms with E-state index in [2.05, 4.69) is 19.1 Å². The first-order valence-electron chi connectivity index (χ1n) is 6.87. The number of rotatable bonds is 4. The van der Waals surface area contributed by atoms with Gasteiger partial charge in [-0.05, 0) is 50.4 Å². The second-order valence-electron chi connectivity index (χ2n) is 5.97. The molecular formula is C15H24O. The molecule has 1 fully saturated rings. The van der Waals surface area contributed by atoms with Crippen LogP contribution in [0, 0.1) is 11.3 Å². The van der Waals surface area contributed by atoms with Gasteiger partial charge in [0.15, 0.2) is 0 Å². The highest BCUT2D eigenvalue weighted by molar-refractivity contribution is 5.82. The third-order valence-corrected chi connectivity index (χ3v) is 4.46. The highest BCUT2D eigenvalue weighted by atomic mass is 16.1. The molecule has 0 radical (unpaired) electrons. The molecule has 0 amide bonds. The van der Waals surface area contributed by atoms with Crippen LogP contribution < -0.4 is 0 Å². The Balaban J connectivity index is 1.71. The standard InChI is InChI=1S/C15H24O/c1-15(10-3-2-4-11-15)12-6-8-13-7-5-9-14(13)16/h2-3,13H,4-12H2,1H3. The van der Waals surface area contributed by atoms with Crippen molar-refractivity contribution in [3.05, 3.63) is 12.2 Å². The summed E-state index contributed by atoms with van der Waals surface area (Å²) in [6.45, 7) is 2.41. The molecule has 0 aromatic heterocycles. The van der Waals surface area contributed by atoms with Crippen molar-refractivity contribution in [1.29, 1.82) is 0 Å². The molecule has 2 rings (SSSR count). The van der Waals surface area contributed by atoms with Crippen molar-refractivity contribution in [3.63, 3.8) is 0 Å². The Morgan fingerprint density at radius 1 is 1.44 bits per heavy atom. The molecular weight excluding hydrogens is 196 g/mol. The molecule has 90 valence electrons. The zero-order valence-corrected chi connectivity index (χ0v) is 10.5. The van der Waals surface area contributed by atoms with Gasteiger partial charge in [-0.3, -0.25) is 4.79 Å². The van der Waals surface area contributed by atoms with E-state index in [-0.39, 0.29) is 0 Å². The maximum Gasteiger partial charge on any atom is 0.135 e. The van der Waals surface area contributed by atoms with E-state index in [1.54, 1.807) is 0 Å². The predicted octanol–water partition coefficient (Wildman–Crippen LogP) is 4.27. The van der Waals surface area contributed by atoms with Crippen LogP contribution in [0.2, 0.25) is 0 Å². The smallest absolute Gasteiger partial charge is 0.135 e. The van der Waals surface area contributed by atoms with Crippen LogP contribution in [-0.2, 0) is 4.79 Å². The molecule has 1 nitrogen and oxygen atoms in total. The molecule has 16 heavy (non-hydrogen) atoms. The number of Topliss-reactive ketones (excluding diaryl/α,β-unsaturated/α-hetero) is 1. The summed E-state index contributed by atoms with van der Waals surface area (Å²) < 4.78 is 0. The van der Waals surface area contributed by atoms with E-state index < -0.39 is 0 Å². The molecule has 2 unspecified atom stereocenters. The van der Waals surface area contributed by atoms with Crippen molar-refractivity contribution in [2.75, 3.05) is 0 Å². The number of hydrogen-bond donors (Lipinski definition) is 0. The molecule has 2 aliphatic rings. The van der Waals surface area contributed by atoms with Gasteiger partial charge in [-0.1, -0.05) is 25.5 Å². The zero-order chi connectivity index (χ0) is 11.4. The largest absolute Gasteiger partial charge is 0.299 e. The predicted molar refractivity (Wildman–Crippen MR) is 67.3 cm³/mol. The SMILES string of the molecule is CC1(CCCC2CCCC2=O)CC=CCC1. The van der Waals surface area contributed by atoms with Crippen LogP contribution in [0.15, 0.2) is 12.2 Å². The van der Waals surface area contributed by atoms with Gasteiger partial charge < -0.3 is 0 Å². The molecule has 0 heterocycles. The van der Waals surface area contributed by atoms with Crippen LogP contribution >= 0.6 is 0 Å². The van der Waals surface area contributed by atoms with E-state index in [1.165, 1.54) is 32.1 Å². The van der Waals surface area contributed by atoms with Crippen molar-refractivity contribution in [1.82, 2.24) is 0 Å². The van der Waals surface area contributed by atoms with Gasteiger partial charge in [0.25, 0.3) is 0 Å². The molecule has 2 atom stereocenters. The first-order valence-corrected chi connectivity index (χ1v) is 6.87. The van der Waals surface area contributed by atoms with E-state index in [0.29, 0.717) is 17.1 Å². The maximum absolute atomic E-state index is 11.5. The Morgan fingerprint density at radius 2 is 2.31 bits per heavy atom. The molecule has 0 aromatic rings. The fourth-order valence-electron chi connectivity index (χ4n) is 3.21. The topological polar surface area (TPSA) is 17.1 Å². The van der Waals surface area contributed by atoms with E-state index in [0.717, 1.165) is 25.7 Å². The van der Waals surface area contributed by atoms with Gasteiger partial charge in [-0.2, -0.15) is 0 Å². The fourth-order valence-corrected chi connectivity index (χ4v) is 3.21. The molecule has 1 saturated carbocycles. The molecule has 0 aliphatic heterocycles. The van der Waals surface area contributed by atoms with Gasteiger partial charge in [0, 0.05) is 12.3 Å². The van der Waals surface area contributed by atoms with Gasteiger partial charge in [-0.15, -0.1) is 0 Å². The average Bonchev–Trinajstić information content (AvgIpc) is 2.65. The van der Waals surface area contributed by atoms with Crippen molar-refractivity contribution in [2.45, 2.75) is 64.7 Å². The van der Waals surface area contributed by atoms with Crippen LogP contribution in [-0.4, -0.2) is 5.78 Å². The third kappa shape index (κ3) is 2.96. The Bertz CT molecular complexity index is 279. The zero-order valence-electron chi connectivity index (χ0n) is 10.5. The number of allylic oxidation sites excluding steroid dienone is 2. The molecule has 0 aromatic carbocycles. The van der Waals surface area contributed by atoms with Crippen molar-refractivity contribution < 1.29 is 4.79 Å². The maximum atomic E-state index is 11.5. The summed E-state index contributed by atoms with van der Waals surface area (Å²) in [6.07, 6.45) is 15.3. The highest BCUT2D eigenvalue weighted by Crippen LogP contribution is 2.38. The minimum absolute atomic E-state index is 0.419. The normalized spacial score (nSPS) is 34.6. The van der Waals surface area contributed by atoms with Crippen LogP contribution in [0.1, 0.15) is 64.7 Å². The Kier molecular flexibility index (Phi) is 3.83. The minimum atomic E-state index is 0.419. The summed E-state index contributed by atoms with van der Waals surface area (Å²) in [5.41, 5.74) is 0.524. The molecule has 0 saturated heterocycles. The first-order chi connectivity index (χ1) is 7.70. The van der Waals surface area contributed by atoms with Crippen LogP contribution in [0.5, 0.6) is 0 Å². The Labute approximate surface area is 99.3 Å². The van der Waals surface area contributed by atoms with E-state index >= 15 is 0 Å². The second kappa shape index (κ2) is 5.16. The number of carbonyl (C=O) groups is 1.